The predicted octanol–water partition coefficient (Wildman–Crippen LogP) is 2.31. The highest BCUT2D eigenvalue weighted by atomic mass is 16.5. The number of carbonyl (C=O) groups excluding carboxylic acids is 2. The molecule has 0 heterocycles. The van der Waals surface area contributed by atoms with Gasteiger partial charge in [-0.1, -0.05) is 12.8 Å². The van der Waals surface area contributed by atoms with Gasteiger partial charge >= 0.3 is 5.97 Å². The van der Waals surface area contributed by atoms with Gasteiger partial charge in [-0.3, -0.25) is 4.79 Å². The van der Waals surface area contributed by atoms with Gasteiger partial charge in [0.05, 0.1) is 19.8 Å². The van der Waals surface area contributed by atoms with Crippen molar-refractivity contribution in [2.75, 3.05) is 14.2 Å². The maximum Gasteiger partial charge on any atom is 0.337 e. The highest BCUT2D eigenvalue weighted by Gasteiger charge is 2.22. The Morgan fingerprint density at radius 3 is 2.48 bits per heavy atom. The largest absolute Gasteiger partial charge is 0.493 e. The molecule has 6 nitrogen and oxygen atoms in total. The number of methoxy groups -OCH3 is 2. The molecule has 126 valence electrons. The molecule has 1 aliphatic carbocycles. The van der Waals surface area contributed by atoms with E-state index in [1.807, 2.05) is 0 Å². The van der Waals surface area contributed by atoms with Crippen molar-refractivity contribution in [3.63, 3.8) is 0 Å². The summed E-state index contributed by atoms with van der Waals surface area (Å²) >= 11 is 0. The number of nitrogens with one attached hydrogen (secondary N) is 1. The number of hydrogen-bond acceptors (Lipinski definition) is 5. The molecule has 1 unspecified atom stereocenters. The monoisotopic (exact) mass is 321 g/mol. The van der Waals surface area contributed by atoms with Crippen LogP contribution in [0.25, 0.3) is 0 Å². The molecule has 1 atom stereocenters. The molecule has 1 fully saturated rings. The van der Waals surface area contributed by atoms with E-state index < -0.39 is 12.1 Å². The fourth-order valence-electron chi connectivity index (χ4n) is 2.64. The Morgan fingerprint density at radius 1 is 1.17 bits per heavy atom. The van der Waals surface area contributed by atoms with E-state index in [0.717, 1.165) is 25.7 Å². The second-order valence-electron chi connectivity index (χ2n) is 5.61. The summed E-state index contributed by atoms with van der Waals surface area (Å²) < 4.78 is 15.6. The second-order valence-corrected chi connectivity index (χ2v) is 5.61. The third-order valence-corrected chi connectivity index (χ3v) is 3.96. The molecule has 0 saturated heterocycles. The van der Waals surface area contributed by atoms with Gasteiger partial charge in [0.25, 0.3) is 5.91 Å². The van der Waals surface area contributed by atoms with Crippen LogP contribution in [0.2, 0.25) is 0 Å². The maximum atomic E-state index is 12.2. The van der Waals surface area contributed by atoms with Gasteiger partial charge in [-0.25, -0.2) is 4.79 Å². The van der Waals surface area contributed by atoms with Crippen LogP contribution in [0, 0.1) is 0 Å². The number of amides is 1. The van der Waals surface area contributed by atoms with Crippen molar-refractivity contribution in [2.24, 2.45) is 0 Å². The third-order valence-electron chi connectivity index (χ3n) is 3.96. The summed E-state index contributed by atoms with van der Waals surface area (Å²) in [7, 11) is 2.79. The first-order valence-corrected chi connectivity index (χ1v) is 7.78. The van der Waals surface area contributed by atoms with Gasteiger partial charge in [0.1, 0.15) is 0 Å². The zero-order valence-corrected chi connectivity index (χ0v) is 13.8. The van der Waals surface area contributed by atoms with Crippen LogP contribution in [0.5, 0.6) is 11.5 Å². The standard InChI is InChI=1S/C17H23NO5/c1-11(16(19)18-13-6-4-5-7-13)23-14-9-8-12(17(20)22-3)10-15(14)21-2/h8-11,13H,4-7H2,1-3H3,(H,18,19). The molecule has 0 bridgehead atoms. The number of esters is 1. The molecule has 1 aromatic rings. The molecule has 1 amide bonds. The van der Waals surface area contributed by atoms with Crippen molar-refractivity contribution >= 4 is 11.9 Å². The zero-order chi connectivity index (χ0) is 16.8. The zero-order valence-electron chi connectivity index (χ0n) is 13.8. The third kappa shape index (κ3) is 4.37. The van der Waals surface area contributed by atoms with Gasteiger partial charge in [-0.05, 0) is 38.0 Å². The van der Waals surface area contributed by atoms with Gasteiger partial charge in [0, 0.05) is 6.04 Å². The predicted molar refractivity (Wildman–Crippen MR) is 84.8 cm³/mol. The van der Waals surface area contributed by atoms with Crippen molar-refractivity contribution in [3.8, 4) is 11.5 Å². The first kappa shape index (κ1) is 17.1. The van der Waals surface area contributed by atoms with Crippen LogP contribution < -0.4 is 14.8 Å². The summed E-state index contributed by atoms with van der Waals surface area (Å²) in [4.78, 5) is 23.7. The fraction of sp³-hybridized carbons (Fsp3) is 0.529. The molecule has 0 aromatic heterocycles. The van der Waals surface area contributed by atoms with Crippen LogP contribution in [0.4, 0.5) is 0 Å². The van der Waals surface area contributed by atoms with Crippen molar-refractivity contribution in [1.82, 2.24) is 5.32 Å². The summed E-state index contributed by atoms with van der Waals surface area (Å²) in [5, 5.41) is 3.00. The van der Waals surface area contributed by atoms with Gasteiger partial charge in [-0.15, -0.1) is 0 Å². The molecule has 6 heteroatoms. The molecule has 1 aromatic carbocycles. The molecular weight excluding hydrogens is 298 g/mol. The van der Waals surface area contributed by atoms with Crippen molar-refractivity contribution in [1.29, 1.82) is 0 Å². The lowest BCUT2D eigenvalue weighted by Gasteiger charge is -2.19. The van der Waals surface area contributed by atoms with Crippen LogP contribution in [-0.4, -0.2) is 38.2 Å². The Kier molecular flexibility index (Phi) is 5.84. The number of rotatable bonds is 6. The summed E-state index contributed by atoms with van der Waals surface area (Å²) in [5.41, 5.74) is 0.361. The van der Waals surface area contributed by atoms with Crippen LogP contribution in [0.1, 0.15) is 43.0 Å². The summed E-state index contributed by atoms with van der Waals surface area (Å²) in [6, 6.07) is 4.95. The van der Waals surface area contributed by atoms with Crippen molar-refractivity contribution in [3.05, 3.63) is 23.8 Å². The first-order valence-electron chi connectivity index (χ1n) is 7.78. The van der Waals surface area contributed by atoms with Gasteiger partial charge < -0.3 is 19.5 Å². The molecule has 0 radical (unpaired) electrons. The maximum absolute atomic E-state index is 12.2. The summed E-state index contributed by atoms with van der Waals surface area (Å²) in [5.74, 6) is 0.195. The van der Waals surface area contributed by atoms with Crippen LogP contribution in [-0.2, 0) is 9.53 Å². The van der Waals surface area contributed by atoms with E-state index in [9.17, 15) is 9.59 Å². The lowest BCUT2D eigenvalue weighted by molar-refractivity contribution is -0.128. The smallest absolute Gasteiger partial charge is 0.337 e. The molecule has 1 saturated carbocycles. The minimum absolute atomic E-state index is 0.143. The Hall–Kier alpha value is -2.24. The minimum Gasteiger partial charge on any atom is -0.493 e. The topological polar surface area (TPSA) is 73.9 Å². The van der Waals surface area contributed by atoms with Crippen molar-refractivity contribution < 1.29 is 23.8 Å². The molecular formula is C17H23NO5. The molecule has 1 N–H and O–H groups in total. The van der Waals surface area contributed by atoms with Gasteiger partial charge in [-0.2, -0.15) is 0 Å². The average molecular weight is 321 g/mol. The van der Waals surface area contributed by atoms with Gasteiger partial charge in [0.2, 0.25) is 0 Å². The number of benzene rings is 1. The highest BCUT2D eigenvalue weighted by Crippen LogP contribution is 2.29. The Labute approximate surface area is 136 Å². The van der Waals surface area contributed by atoms with Crippen molar-refractivity contribution in [2.45, 2.75) is 44.8 Å². The molecule has 1 aliphatic rings. The SMILES string of the molecule is COC(=O)c1ccc(OC(C)C(=O)NC2CCCC2)c(OC)c1. The lowest BCUT2D eigenvalue weighted by Crippen LogP contribution is -2.41. The fourth-order valence-corrected chi connectivity index (χ4v) is 2.64. The van der Waals surface area contributed by atoms with E-state index in [2.05, 4.69) is 10.1 Å². The van der Waals surface area contributed by atoms with Crippen LogP contribution in [0.3, 0.4) is 0 Å². The molecule has 23 heavy (non-hydrogen) atoms. The molecule has 0 spiro atoms. The van der Waals surface area contributed by atoms with E-state index in [1.54, 1.807) is 19.1 Å². The van der Waals surface area contributed by atoms with E-state index in [4.69, 9.17) is 9.47 Å². The lowest BCUT2D eigenvalue weighted by atomic mass is 10.2. The average Bonchev–Trinajstić information content (AvgIpc) is 3.07. The Morgan fingerprint density at radius 2 is 1.87 bits per heavy atom. The first-order chi connectivity index (χ1) is 11.0. The van der Waals surface area contributed by atoms with E-state index in [-0.39, 0.29) is 11.9 Å². The normalized spacial score (nSPS) is 15.8. The number of hydrogen-bond donors (Lipinski definition) is 1. The van der Waals surface area contributed by atoms with Gasteiger partial charge in [0.15, 0.2) is 17.6 Å². The van der Waals surface area contributed by atoms with E-state index in [1.165, 1.54) is 20.3 Å². The molecule has 2 rings (SSSR count). The quantitative estimate of drug-likeness (QED) is 0.814. The highest BCUT2D eigenvalue weighted by molar-refractivity contribution is 5.90. The van der Waals surface area contributed by atoms with E-state index in [0.29, 0.717) is 17.1 Å². The summed E-state index contributed by atoms with van der Waals surface area (Å²) in [6.07, 6.45) is 3.71. The molecule has 0 aliphatic heterocycles. The minimum atomic E-state index is -0.645. The van der Waals surface area contributed by atoms with Crippen LogP contribution >= 0.6 is 0 Å². The Bertz CT molecular complexity index is 566. The number of carbonyl (C=O) groups is 2. The number of ether oxygens (including phenoxy) is 3. The second kappa shape index (κ2) is 7.85. The summed E-state index contributed by atoms with van der Waals surface area (Å²) in [6.45, 7) is 1.69. The van der Waals surface area contributed by atoms with Crippen LogP contribution in [0.15, 0.2) is 18.2 Å². The Balaban J connectivity index is 2.02. The van der Waals surface area contributed by atoms with E-state index >= 15 is 0 Å².